The van der Waals surface area contributed by atoms with Crippen LogP contribution in [0.25, 0.3) is 11.5 Å². The summed E-state index contributed by atoms with van der Waals surface area (Å²) in [5.74, 6) is 0.726. The fourth-order valence-corrected chi connectivity index (χ4v) is 5.69. The first-order chi connectivity index (χ1) is 17.9. The first-order valence-electron chi connectivity index (χ1n) is 11.5. The van der Waals surface area contributed by atoms with Crippen molar-refractivity contribution >= 4 is 27.6 Å². The smallest absolute Gasteiger partial charge is 0.322 e. The predicted octanol–water partition coefficient (Wildman–Crippen LogP) is 4.15. The molecule has 0 bridgehead atoms. The highest BCUT2D eigenvalue weighted by Gasteiger charge is 2.29. The highest BCUT2D eigenvalue weighted by atomic mass is 32.2. The van der Waals surface area contributed by atoms with Crippen LogP contribution in [0.4, 0.5) is 11.7 Å². The Labute approximate surface area is 213 Å². The van der Waals surface area contributed by atoms with Gasteiger partial charge in [0.05, 0.1) is 24.8 Å². The Hall–Kier alpha value is -4.38. The SMILES string of the molecule is COc1cc(OC)cc(-c2nnc(NC(=O)c3ccc(S(=O)(=O)N4CCCc5ccccc54)cc3)o2)c1. The van der Waals surface area contributed by atoms with Gasteiger partial charge in [-0.15, -0.1) is 5.10 Å². The summed E-state index contributed by atoms with van der Waals surface area (Å²) in [6.07, 6.45) is 1.58. The lowest BCUT2D eigenvalue weighted by Crippen LogP contribution is -2.35. The van der Waals surface area contributed by atoms with E-state index in [-0.39, 0.29) is 22.4 Å². The van der Waals surface area contributed by atoms with Gasteiger partial charge in [0.1, 0.15) is 11.5 Å². The molecule has 10 nitrogen and oxygen atoms in total. The number of ether oxygens (including phenoxy) is 2. The number of benzene rings is 3. The van der Waals surface area contributed by atoms with E-state index in [1.807, 2.05) is 24.3 Å². The van der Waals surface area contributed by atoms with E-state index in [1.54, 1.807) is 18.2 Å². The van der Waals surface area contributed by atoms with Crippen LogP contribution in [0, 0.1) is 0 Å². The lowest BCUT2D eigenvalue weighted by atomic mass is 10.0. The average molecular weight is 521 g/mol. The molecule has 1 aliphatic heterocycles. The van der Waals surface area contributed by atoms with E-state index in [9.17, 15) is 13.2 Å². The molecule has 37 heavy (non-hydrogen) atoms. The normalized spacial score (nSPS) is 13.1. The van der Waals surface area contributed by atoms with Gasteiger partial charge in [-0.25, -0.2) is 8.42 Å². The van der Waals surface area contributed by atoms with Crippen LogP contribution in [-0.2, 0) is 16.4 Å². The fourth-order valence-electron chi connectivity index (χ4n) is 4.14. The number of hydrogen-bond acceptors (Lipinski definition) is 8. The number of aryl methyl sites for hydroxylation is 1. The number of rotatable bonds is 7. The molecule has 0 fully saturated rings. The van der Waals surface area contributed by atoms with Crippen molar-refractivity contribution in [2.24, 2.45) is 0 Å². The number of amides is 1. The molecule has 0 radical (unpaired) electrons. The molecule has 0 spiro atoms. The molecular weight excluding hydrogens is 496 g/mol. The summed E-state index contributed by atoms with van der Waals surface area (Å²) in [5, 5.41) is 10.4. The van der Waals surface area contributed by atoms with Gasteiger partial charge in [-0.2, -0.15) is 0 Å². The third kappa shape index (κ3) is 4.85. The van der Waals surface area contributed by atoms with Crippen molar-refractivity contribution in [3.8, 4) is 23.0 Å². The zero-order valence-electron chi connectivity index (χ0n) is 20.2. The summed E-state index contributed by atoms with van der Waals surface area (Å²) in [4.78, 5) is 12.9. The van der Waals surface area contributed by atoms with Crippen LogP contribution in [0.1, 0.15) is 22.3 Å². The predicted molar refractivity (Wildman–Crippen MR) is 137 cm³/mol. The van der Waals surface area contributed by atoms with Crippen molar-refractivity contribution in [2.45, 2.75) is 17.7 Å². The first kappa shape index (κ1) is 24.3. The van der Waals surface area contributed by atoms with E-state index < -0.39 is 15.9 Å². The molecule has 11 heteroatoms. The Bertz CT molecular complexity index is 1530. The summed E-state index contributed by atoms with van der Waals surface area (Å²) in [6, 6.07) is 18.2. The maximum Gasteiger partial charge on any atom is 0.322 e. The maximum absolute atomic E-state index is 13.3. The minimum absolute atomic E-state index is 0.104. The van der Waals surface area contributed by atoms with Gasteiger partial charge in [0, 0.05) is 23.7 Å². The second-order valence-corrected chi connectivity index (χ2v) is 10.2. The number of carbonyl (C=O) groups is 1. The molecule has 0 saturated heterocycles. The van der Waals surface area contributed by atoms with Crippen LogP contribution in [0.15, 0.2) is 76.0 Å². The maximum atomic E-state index is 13.3. The number of sulfonamides is 1. The lowest BCUT2D eigenvalue weighted by Gasteiger charge is -2.30. The molecule has 190 valence electrons. The molecule has 0 unspecified atom stereocenters. The van der Waals surface area contributed by atoms with Crippen molar-refractivity contribution in [2.75, 3.05) is 30.4 Å². The van der Waals surface area contributed by atoms with Gasteiger partial charge < -0.3 is 13.9 Å². The van der Waals surface area contributed by atoms with E-state index in [1.165, 1.54) is 42.8 Å². The largest absolute Gasteiger partial charge is 0.497 e. The number of fused-ring (bicyclic) bond motifs is 1. The Morgan fingerprint density at radius 2 is 1.68 bits per heavy atom. The molecule has 0 saturated carbocycles. The third-order valence-corrected chi connectivity index (χ3v) is 7.84. The van der Waals surface area contributed by atoms with Crippen molar-refractivity contribution < 1.29 is 27.1 Å². The number of hydrogen-bond donors (Lipinski definition) is 1. The Morgan fingerprint density at radius 1 is 0.973 bits per heavy atom. The van der Waals surface area contributed by atoms with E-state index in [2.05, 4.69) is 15.5 Å². The highest BCUT2D eigenvalue weighted by molar-refractivity contribution is 7.92. The first-order valence-corrected chi connectivity index (χ1v) is 12.9. The van der Waals surface area contributed by atoms with E-state index in [4.69, 9.17) is 13.9 Å². The summed E-state index contributed by atoms with van der Waals surface area (Å²) in [7, 11) is -0.720. The molecule has 1 aliphatic rings. The minimum Gasteiger partial charge on any atom is -0.497 e. The van der Waals surface area contributed by atoms with Crippen molar-refractivity contribution in [1.82, 2.24) is 10.2 Å². The summed E-state index contributed by atoms with van der Waals surface area (Å²) < 4.78 is 44.2. The molecule has 0 atom stereocenters. The van der Waals surface area contributed by atoms with Gasteiger partial charge in [-0.05, 0) is 60.9 Å². The lowest BCUT2D eigenvalue weighted by molar-refractivity contribution is 0.102. The van der Waals surface area contributed by atoms with Gasteiger partial charge in [0.25, 0.3) is 15.9 Å². The van der Waals surface area contributed by atoms with E-state index >= 15 is 0 Å². The van der Waals surface area contributed by atoms with Crippen molar-refractivity contribution in [3.63, 3.8) is 0 Å². The van der Waals surface area contributed by atoms with Crippen molar-refractivity contribution in [1.29, 1.82) is 0 Å². The molecule has 5 rings (SSSR count). The Kier molecular flexibility index (Phi) is 6.53. The second kappa shape index (κ2) is 9.94. The quantitative estimate of drug-likeness (QED) is 0.386. The number of aromatic nitrogens is 2. The van der Waals surface area contributed by atoms with Gasteiger partial charge in [0.15, 0.2) is 0 Å². The molecule has 1 aromatic heterocycles. The molecule has 3 aromatic carbocycles. The van der Waals surface area contributed by atoms with Gasteiger partial charge in [-0.3, -0.25) is 14.4 Å². The second-order valence-electron chi connectivity index (χ2n) is 8.30. The molecule has 2 heterocycles. The van der Waals surface area contributed by atoms with Crippen molar-refractivity contribution in [3.05, 3.63) is 77.9 Å². The number of para-hydroxylation sites is 1. The number of nitrogens with one attached hydrogen (secondary N) is 1. The summed E-state index contributed by atoms with van der Waals surface area (Å²) >= 11 is 0. The monoisotopic (exact) mass is 520 g/mol. The standard InChI is InChI=1S/C26H24N4O6S/c1-34-20-14-19(15-21(16-20)35-2)25-28-29-26(36-25)27-24(31)18-9-11-22(12-10-18)37(32,33)30-13-5-7-17-6-3-4-8-23(17)30/h3-4,6,8-12,14-16H,5,7,13H2,1-2H3,(H,27,29,31). The van der Waals surface area contributed by atoms with Gasteiger partial charge >= 0.3 is 6.01 Å². The number of nitrogens with zero attached hydrogens (tertiary/aromatic N) is 3. The average Bonchev–Trinajstić information content (AvgIpc) is 3.41. The van der Waals surface area contributed by atoms with Gasteiger partial charge in [-0.1, -0.05) is 23.3 Å². The molecule has 4 aromatic rings. The number of methoxy groups -OCH3 is 2. The number of carbonyl (C=O) groups excluding carboxylic acids is 1. The van der Waals surface area contributed by atoms with Crippen LogP contribution < -0.4 is 19.1 Å². The fraction of sp³-hybridized carbons (Fsp3) is 0.192. The van der Waals surface area contributed by atoms with Crippen LogP contribution >= 0.6 is 0 Å². The Morgan fingerprint density at radius 3 is 2.38 bits per heavy atom. The minimum atomic E-state index is -3.78. The molecule has 1 amide bonds. The van der Waals surface area contributed by atoms with E-state index in [0.29, 0.717) is 29.3 Å². The van der Waals surface area contributed by atoms with Gasteiger partial charge in [0.2, 0.25) is 5.89 Å². The summed E-state index contributed by atoms with van der Waals surface area (Å²) in [6.45, 7) is 0.403. The zero-order chi connectivity index (χ0) is 26.0. The topological polar surface area (TPSA) is 124 Å². The third-order valence-electron chi connectivity index (χ3n) is 6.02. The van der Waals surface area contributed by atoms with Crippen LogP contribution in [0.2, 0.25) is 0 Å². The summed E-state index contributed by atoms with van der Waals surface area (Å²) in [5.41, 5.74) is 2.48. The number of anilines is 2. The molecule has 1 N–H and O–H groups in total. The highest BCUT2D eigenvalue weighted by Crippen LogP contribution is 2.32. The molecule has 0 aliphatic carbocycles. The van der Waals surface area contributed by atoms with E-state index in [0.717, 1.165) is 18.4 Å². The van der Waals surface area contributed by atoms with Crippen LogP contribution in [0.3, 0.4) is 0 Å². The Balaban J connectivity index is 1.32. The zero-order valence-corrected chi connectivity index (χ0v) is 21.0. The van der Waals surface area contributed by atoms with Crippen LogP contribution in [-0.4, -0.2) is 45.3 Å². The van der Waals surface area contributed by atoms with Crippen LogP contribution in [0.5, 0.6) is 11.5 Å². The molecular formula is C26H24N4O6S.